The molecule has 1 unspecified atom stereocenters. The first-order chi connectivity index (χ1) is 18.2. The van der Waals surface area contributed by atoms with E-state index in [-0.39, 0.29) is 5.56 Å². The predicted molar refractivity (Wildman–Crippen MR) is 172 cm³/mol. The Morgan fingerprint density at radius 2 is 1.74 bits per heavy atom. The lowest BCUT2D eigenvalue weighted by atomic mass is 10.00. The van der Waals surface area contributed by atoms with E-state index in [0.717, 1.165) is 35.5 Å². The number of pyridine rings is 1. The van der Waals surface area contributed by atoms with Crippen molar-refractivity contribution in [3.63, 3.8) is 0 Å². The van der Waals surface area contributed by atoms with Crippen LogP contribution in [0.5, 0.6) is 0 Å². The zero-order valence-electron chi connectivity index (χ0n) is 26.0. The summed E-state index contributed by atoms with van der Waals surface area (Å²) in [5, 5.41) is 0. The molecule has 3 heteroatoms. The first kappa shape index (κ1) is 35.1. The van der Waals surface area contributed by atoms with Gasteiger partial charge in [-0.2, -0.15) is 0 Å². The van der Waals surface area contributed by atoms with E-state index < -0.39 is 0 Å². The molecule has 2 heterocycles. The summed E-state index contributed by atoms with van der Waals surface area (Å²) >= 11 is 0. The Labute approximate surface area is 233 Å². The summed E-state index contributed by atoms with van der Waals surface area (Å²) in [5.74, 6) is 0.778. The van der Waals surface area contributed by atoms with Crippen LogP contribution in [0.3, 0.4) is 0 Å². The minimum atomic E-state index is -0.0608. The Morgan fingerprint density at radius 3 is 2.24 bits per heavy atom. The van der Waals surface area contributed by atoms with Crippen molar-refractivity contribution < 1.29 is 0 Å². The Kier molecular flexibility index (Phi) is 18.5. The smallest absolute Gasteiger partial charge is 0.258 e. The number of hydrogen-bond acceptors (Lipinski definition) is 2. The van der Waals surface area contributed by atoms with Gasteiger partial charge in [-0.25, -0.2) is 4.98 Å². The van der Waals surface area contributed by atoms with Crippen molar-refractivity contribution in [1.82, 2.24) is 9.38 Å². The molecule has 0 amide bonds. The highest BCUT2D eigenvalue weighted by molar-refractivity contribution is 5.73. The van der Waals surface area contributed by atoms with Crippen molar-refractivity contribution in [2.75, 3.05) is 0 Å². The van der Waals surface area contributed by atoms with Gasteiger partial charge in [-0.3, -0.25) is 9.20 Å². The SMILES string of the molecule is C/C=C(/C)C(C)CC.C=C(C)/C=C\C(=C/C)c1cc(=O)n2cc(/C(=C/CC)CCCCC)ccc2n1.CC. The Bertz CT molecular complexity index is 1160. The molecule has 2 aromatic rings. The van der Waals surface area contributed by atoms with Gasteiger partial charge in [0.1, 0.15) is 5.65 Å². The molecule has 3 nitrogen and oxygen atoms in total. The maximum atomic E-state index is 12.8. The van der Waals surface area contributed by atoms with E-state index in [0.29, 0.717) is 11.3 Å². The van der Waals surface area contributed by atoms with E-state index in [1.165, 1.54) is 36.8 Å². The van der Waals surface area contributed by atoms with Crippen LogP contribution in [0.25, 0.3) is 16.8 Å². The van der Waals surface area contributed by atoms with Crippen molar-refractivity contribution in [3.8, 4) is 0 Å². The van der Waals surface area contributed by atoms with Crippen LogP contribution < -0.4 is 5.56 Å². The lowest BCUT2D eigenvalue weighted by Crippen LogP contribution is -2.15. The molecule has 0 aliphatic heterocycles. The monoisotopic (exact) mass is 518 g/mol. The standard InChI is InChI=1S/C25H32N2O.C8H16.C2H6/c1-6-9-10-12-21(11-7-2)22-15-16-24-26-23(17-25(28)27(24)18-22)20(8-3)14-13-19(4)5;1-5-7(3)8(4)6-2;1-2/h8,11,13-18H,4,6-7,9-10,12H2,1-3,5H3;5,8H,6H2,1-4H3;1-2H3/b14-13-,20-8+,21-11+;7-5-;. The van der Waals surface area contributed by atoms with Gasteiger partial charge < -0.3 is 0 Å². The van der Waals surface area contributed by atoms with Gasteiger partial charge in [0.25, 0.3) is 5.56 Å². The fraction of sp³-hybridized carbons (Fsp3) is 0.486. The first-order valence-electron chi connectivity index (χ1n) is 14.6. The maximum absolute atomic E-state index is 12.8. The van der Waals surface area contributed by atoms with Crippen LogP contribution in [0.1, 0.15) is 119 Å². The molecule has 0 saturated heterocycles. The molecule has 210 valence electrons. The summed E-state index contributed by atoms with van der Waals surface area (Å²) in [6.07, 6.45) is 19.1. The second-order valence-corrected chi connectivity index (χ2v) is 9.49. The number of rotatable bonds is 11. The fourth-order valence-electron chi connectivity index (χ4n) is 3.78. The van der Waals surface area contributed by atoms with Gasteiger partial charge in [-0.15, -0.1) is 0 Å². The van der Waals surface area contributed by atoms with Gasteiger partial charge in [0.05, 0.1) is 5.69 Å². The highest BCUT2D eigenvalue weighted by atomic mass is 16.1. The zero-order valence-corrected chi connectivity index (χ0v) is 26.0. The molecular formula is C35H54N2O. The largest absolute Gasteiger partial charge is 0.269 e. The Balaban J connectivity index is 0.00000117. The summed E-state index contributed by atoms with van der Waals surface area (Å²) in [5.41, 5.74) is 7.09. The van der Waals surface area contributed by atoms with E-state index >= 15 is 0 Å². The van der Waals surface area contributed by atoms with Gasteiger partial charge in [-0.1, -0.05) is 102 Å². The van der Waals surface area contributed by atoms with Crippen molar-refractivity contribution >= 4 is 16.8 Å². The average Bonchev–Trinajstić information content (AvgIpc) is 2.93. The molecule has 2 rings (SSSR count). The lowest BCUT2D eigenvalue weighted by Gasteiger charge is -2.11. The molecule has 0 fully saturated rings. The highest BCUT2D eigenvalue weighted by Gasteiger charge is 2.08. The van der Waals surface area contributed by atoms with Gasteiger partial charge in [0.15, 0.2) is 0 Å². The summed E-state index contributed by atoms with van der Waals surface area (Å²) in [6.45, 7) is 24.9. The average molecular weight is 519 g/mol. The quantitative estimate of drug-likeness (QED) is 0.168. The number of fused-ring (bicyclic) bond motifs is 1. The molecule has 0 spiro atoms. The van der Waals surface area contributed by atoms with Gasteiger partial charge in [0, 0.05) is 12.3 Å². The third-order valence-electron chi connectivity index (χ3n) is 6.53. The molecule has 0 aromatic carbocycles. The molecule has 38 heavy (non-hydrogen) atoms. The van der Waals surface area contributed by atoms with Crippen LogP contribution in [0, 0.1) is 5.92 Å². The van der Waals surface area contributed by atoms with E-state index in [4.69, 9.17) is 4.98 Å². The highest BCUT2D eigenvalue weighted by Crippen LogP contribution is 2.23. The first-order valence-corrected chi connectivity index (χ1v) is 14.6. The van der Waals surface area contributed by atoms with E-state index in [1.807, 2.05) is 58.2 Å². The molecule has 0 saturated carbocycles. The number of allylic oxidation sites excluding steroid dienone is 9. The molecule has 0 N–H and O–H groups in total. The molecular weight excluding hydrogens is 464 g/mol. The molecule has 0 aliphatic carbocycles. The third kappa shape index (κ3) is 12.1. The predicted octanol–water partition coefficient (Wildman–Crippen LogP) is 10.6. The van der Waals surface area contributed by atoms with Crippen LogP contribution in [0.2, 0.25) is 0 Å². The molecule has 2 aromatic heterocycles. The second-order valence-electron chi connectivity index (χ2n) is 9.49. The minimum absolute atomic E-state index is 0.0608. The van der Waals surface area contributed by atoms with Crippen LogP contribution >= 0.6 is 0 Å². The molecule has 0 radical (unpaired) electrons. The minimum Gasteiger partial charge on any atom is -0.269 e. The number of unbranched alkanes of at least 4 members (excludes halogenated alkanes) is 2. The van der Waals surface area contributed by atoms with E-state index in [9.17, 15) is 4.79 Å². The van der Waals surface area contributed by atoms with Crippen molar-refractivity contribution in [1.29, 1.82) is 0 Å². The summed E-state index contributed by atoms with van der Waals surface area (Å²) in [4.78, 5) is 17.5. The van der Waals surface area contributed by atoms with E-state index in [2.05, 4.69) is 66.3 Å². The van der Waals surface area contributed by atoms with Gasteiger partial charge in [0.2, 0.25) is 0 Å². The topological polar surface area (TPSA) is 34.4 Å². The van der Waals surface area contributed by atoms with E-state index in [1.54, 1.807) is 10.5 Å². The van der Waals surface area contributed by atoms with Crippen molar-refractivity contribution in [2.45, 2.75) is 108 Å². The maximum Gasteiger partial charge on any atom is 0.258 e. The molecule has 0 bridgehead atoms. The number of nitrogens with zero attached hydrogens (tertiary/aromatic N) is 2. The Hall–Kier alpha value is -2.94. The van der Waals surface area contributed by atoms with Crippen molar-refractivity contribution in [3.05, 3.63) is 94.1 Å². The fourth-order valence-corrected chi connectivity index (χ4v) is 3.78. The van der Waals surface area contributed by atoms with Crippen LogP contribution in [0.4, 0.5) is 0 Å². The van der Waals surface area contributed by atoms with Gasteiger partial charge >= 0.3 is 0 Å². The Morgan fingerprint density at radius 1 is 1.05 bits per heavy atom. The molecule has 0 aliphatic rings. The summed E-state index contributed by atoms with van der Waals surface area (Å²) in [6, 6.07) is 5.63. The normalized spacial score (nSPS) is 13.1. The van der Waals surface area contributed by atoms with Crippen LogP contribution in [-0.4, -0.2) is 9.38 Å². The number of aromatic nitrogens is 2. The van der Waals surface area contributed by atoms with Crippen LogP contribution in [-0.2, 0) is 0 Å². The lowest BCUT2D eigenvalue weighted by molar-refractivity contribution is 0.654. The van der Waals surface area contributed by atoms with Gasteiger partial charge in [-0.05, 0) is 88.1 Å². The second kappa shape index (κ2) is 20.1. The van der Waals surface area contributed by atoms with Crippen molar-refractivity contribution in [2.24, 2.45) is 5.92 Å². The van der Waals surface area contributed by atoms with Crippen LogP contribution in [0.15, 0.2) is 77.3 Å². The zero-order chi connectivity index (χ0) is 29.1. The summed E-state index contributed by atoms with van der Waals surface area (Å²) < 4.78 is 1.65. The molecule has 1 atom stereocenters. The number of hydrogen-bond donors (Lipinski definition) is 0. The summed E-state index contributed by atoms with van der Waals surface area (Å²) in [7, 11) is 0. The third-order valence-corrected chi connectivity index (χ3v) is 6.53.